The normalized spacial score (nSPS) is 23.4. The number of aromatic nitrogens is 2. The number of halogens is 1. The zero-order chi connectivity index (χ0) is 11.1. The molecule has 0 fully saturated rings. The van der Waals surface area contributed by atoms with Crippen LogP contribution in [0.4, 0.5) is 4.39 Å². The molecular formula is C13H13FN2. The molecule has 0 saturated heterocycles. The molecule has 2 nitrogen and oxygen atoms in total. The fourth-order valence-corrected chi connectivity index (χ4v) is 2.74. The zero-order valence-corrected chi connectivity index (χ0v) is 9.07. The van der Waals surface area contributed by atoms with Gasteiger partial charge >= 0.3 is 0 Å². The van der Waals surface area contributed by atoms with Crippen LogP contribution in [0, 0.1) is 11.7 Å². The van der Waals surface area contributed by atoms with Crippen molar-refractivity contribution >= 4 is 0 Å². The fraction of sp³-hybridized carbons (Fsp3) is 0.308. The summed E-state index contributed by atoms with van der Waals surface area (Å²) in [7, 11) is 0. The molecule has 2 unspecified atom stereocenters. The molecule has 1 aromatic heterocycles. The summed E-state index contributed by atoms with van der Waals surface area (Å²) in [6.07, 6.45) is 4.50. The van der Waals surface area contributed by atoms with E-state index in [1.807, 2.05) is 12.3 Å². The molecule has 2 atom stereocenters. The smallest absolute Gasteiger partial charge is 0.123 e. The van der Waals surface area contributed by atoms with Crippen molar-refractivity contribution in [2.75, 3.05) is 0 Å². The minimum Gasteiger partial charge on any atom is -0.348 e. The minimum absolute atomic E-state index is 0.142. The first kappa shape index (κ1) is 9.58. The Balaban J connectivity index is 2.09. The molecule has 0 saturated carbocycles. The molecule has 1 aromatic carbocycles. The van der Waals surface area contributed by atoms with Gasteiger partial charge < -0.3 is 4.98 Å². The second-order valence-corrected chi connectivity index (χ2v) is 4.51. The van der Waals surface area contributed by atoms with Gasteiger partial charge in [0, 0.05) is 17.8 Å². The van der Waals surface area contributed by atoms with Crippen LogP contribution >= 0.6 is 0 Å². The van der Waals surface area contributed by atoms with Crippen LogP contribution in [-0.2, 0) is 6.42 Å². The van der Waals surface area contributed by atoms with E-state index in [2.05, 4.69) is 16.9 Å². The van der Waals surface area contributed by atoms with E-state index in [4.69, 9.17) is 0 Å². The number of benzene rings is 1. The molecule has 3 heteroatoms. The largest absolute Gasteiger partial charge is 0.348 e. The number of hydrogen-bond acceptors (Lipinski definition) is 1. The number of H-pyrrole nitrogens is 1. The van der Waals surface area contributed by atoms with E-state index in [-0.39, 0.29) is 5.82 Å². The number of hydrogen-bond donors (Lipinski definition) is 1. The maximum absolute atomic E-state index is 13.1. The summed E-state index contributed by atoms with van der Waals surface area (Å²) in [5, 5.41) is 0. The average molecular weight is 216 g/mol. The third-order valence-corrected chi connectivity index (χ3v) is 3.41. The molecule has 1 heterocycles. The molecule has 1 N–H and O–H groups in total. The number of rotatable bonds is 1. The van der Waals surface area contributed by atoms with Crippen molar-refractivity contribution in [2.45, 2.75) is 19.3 Å². The van der Waals surface area contributed by atoms with Crippen LogP contribution in [0.3, 0.4) is 0 Å². The average Bonchev–Trinajstić information content (AvgIpc) is 2.83. The van der Waals surface area contributed by atoms with E-state index in [1.54, 1.807) is 18.5 Å². The first-order valence-corrected chi connectivity index (χ1v) is 5.52. The van der Waals surface area contributed by atoms with Crippen LogP contribution in [0.15, 0.2) is 30.7 Å². The maximum atomic E-state index is 13.1. The Labute approximate surface area is 93.5 Å². The predicted octanol–water partition coefficient (Wildman–Crippen LogP) is 2.87. The van der Waals surface area contributed by atoms with Gasteiger partial charge in [-0.25, -0.2) is 9.37 Å². The standard InChI is InChI=1S/C13H13FN2/c1-8-4-9-5-10(14)2-3-11(9)13(8)12-6-15-7-16-12/h2-3,5-8,13H,4H2,1H3,(H,15,16). The second-order valence-electron chi connectivity index (χ2n) is 4.51. The topological polar surface area (TPSA) is 28.7 Å². The molecule has 16 heavy (non-hydrogen) atoms. The van der Waals surface area contributed by atoms with Gasteiger partial charge in [-0.05, 0) is 35.6 Å². The van der Waals surface area contributed by atoms with E-state index >= 15 is 0 Å². The van der Waals surface area contributed by atoms with Crippen LogP contribution in [0.1, 0.15) is 29.7 Å². The van der Waals surface area contributed by atoms with Gasteiger partial charge in [-0.15, -0.1) is 0 Å². The Hall–Kier alpha value is -1.64. The maximum Gasteiger partial charge on any atom is 0.123 e. The highest BCUT2D eigenvalue weighted by molar-refractivity contribution is 5.41. The van der Waals surface area contributed by atoms with Crippen molar-refractivity contribution in [1.82, 2.24) is 9.97 Å². The predicted molar refractivity (Wildman–Crippen MR) is 59.7 cm³/mol. The van der Waals surface area contributed by atoms with Crippen LogP contribution < -0.4 is 0 Å². The van der Waals surface area contributed by atoms with Gasteiger partial charge in [0.2, 0.25) is 0 Å². The van der Waals surface area contributed by atoms with Crippen LogP contribution in [0.2, 0.25) is 0 Å². The molecule has 1 aliphatic rings. The Kier molecular flexibility index (Phi) is 2.06. The van der Waals surface area contributed by atoms with Gasteiger partial charge in [0.05, 0.1) is 6.33 Å². The van der Waals surface area contributed by atoms with Crippen molar-refractivity contribution in [3.8, 4) is 0 Å². The van der Waals surface area contributed by atoms with E-state index in [0.29, 0.717) is 11.8 Å². The molecule has 82 valence electrons. The quantitative estimate of drug-likeness (QED) is 0.780. The summed E-state index contributed by atoms with van der Waals surface area (Å²) < 4.78 is 13.1. The van der Waals surface area contributed by atoms with Gasteiger partial charge in [0.15, 0.2) is 0 Å². The van der Waals surface area contributed by atoms with Gasteiger partial charge in [0.25, 0.3) is 0 Å². The Morgan fingerprint density at radius 1 is 1.44 bits per heavy atom. The lowest BCUT2D eigenvalue weighted by atomic mass is 9.91. The number of nitrogens with zero attached hydrogens (tertiary/aromatic N) is 1. The molecule has 0 spiro atoms. The Bertz CT molecular complexity index is 505. The third-order valence-electron chi connectivity index (χ3n) is 3.41. The monoisotopic (exact) mass is 216 g/mol. The molecule has 3 rings (SSSR count). The lowest BCUT2D eigenvalue weighted by Crippen LogP contribution is -2.05. The summed E-state index contributed by atoms with van der Waals surface area (Å²) in [6.45, 7) is 2.20. The Morgan fingerprint density at radius 3 is 3.06 bits per heavy atom. The number of fused-ring (bicyclic) bond motifs is 1. The van der Waals surface area contributed by atoms with Crippen LogP contribution in [-0.4, -0.2) is 9.97 Å². The molecule has 1 aliphatic carbocycles. The van der Waals surface area contributed by atoms with Gasteiger partial charge in [-0.1, -0.05) is 13.0 Å². The molecule has 0 bridgehead atoms. The van der Waals surface area contributed by atoms with Gasteiger partial charge in [-0.3, -0.25) is 0 Å². The van der Waals surface area contributed by atoms with E-state index in [0.717, 1.165) is 17.7 Å². The van der Waals surface area contributed by atoms with Crippen LogP contribution in [0.25, 0.3) is 0 Å². The molecule has 0 radical (unpaired) electrons. The van der Waals surface area contributed by atoms with Crippen molar-refractivity contribution in [3.05, 3.63) is 53.4 Å². The fourth-order valence-electron chi connectivity index (χ4n) is 2.74. The summed E-state index contributed by atoms with van der Waals surface area (Å²) in [4.78, 5) is 7.22. The molecular weight excluding hydrogens is 203 g/mol. The summed E-state index contributed by atoms with van der Waals surface area (Å²) in [6, 6.07) is 5.10. The first-order chi connectivity index (χ1) is 7.75. The Morgan fingerprint density at radius 2 is 2.31 bits per heavy atom. The number of aromatic amines is 1. The van der Waals surface area contributed by atoms with Gasteiger partial charge in [0.1, 0.15) is 5.82 Å². The van der Waals surface area contributed by atoms with E-state index in [9.17, 15) is 4.39 Å². The highest BCUT2D eigenvalue weighted by Crippen LogP contribution is 2.41. The van der Waals surface area contributed by atoms with Crippen LogP contribution in [0.5, 0.6) is 0 Å². The summed E-state index contributed by atoms with van der Waals surface area (Å²) >= 11 is 0. The summed E-state index contributed by atoms with van der Waals surface area (Å²) in [5.74, 6) is 0.687. The summed E-state index contributed by atoms with van der Waals surface area (Å²) in [5.41, 5.74) is 3.49. The highest BCUT2D eigenvalue weighted by Gasteiger charge is 2.31. The van der Waals surface area contributed by atoms with E-state index in [1.165, 1.54) is 5.56 Å². The van der Waals surface area contributed by atoms with Crippen molar-refractivity contribution < 1.29 is 4.39 Å². The SMILES string of the molecule is CC1Cc2cc(F)ccc2C1c1cnc[nH]1. The first-order valence-electron chi connectivity index (χ1n) is 5.52. The lowest BCUT2D eigenvalue weighted by Gasteiger charge is -2.14. The van der Waals surface area contributed by atoms with Crippen molar-refractivity contribution in [1.29, 1.82) is 0 Å². The van der Waals surface area contributed by atoms with Gasteiger partial charge in [-0.2, -0.15) is 0 Å². The van der Waals surface area contributed by atoms with Crippen molar-refractivity contribution in [2.24, 2.45) is 5.92 Å². The number of imidazole rings is 1. The number of nitrogens with one attached hydrogen (secondary N) is 1. The lowest BCUT2D eigenvalue weighted by molar-refractivity contribution is 0.549. The highest BCUT2D eigenvalue weighted by atomic mass is 19.1. The molecule has 0 amide bonds. The third kappa shape index (κ3) is 1.35. The minimum atomic E-state index is -0.142. The molecule has 2 aromatic rings. The van der Waals surface area contributed by atoms with E-state index < -0.39 is 0 Å². The molecule has 0 aliphatic heterocycles. The van der Waals surface area contributed by atoms with Crippen molar-refractivity contribution in [3.63, 3.8) is 0 Å². The zero-order valence-electron chi connectivity index (χ0n) is 9.07. The second kappa shape index (κ2) is 3.44.